The van der Waals surface area contributed by atoms with Gasteiger partial charge in [-0.25, -0.2) is 8.78 Å². The Morgan fingerprint density at radius 1 is 1.41 bits per heavy atom. The fourth-order valence-corrected chi connectivity index (χ4v) is 1.80. The van der Waals surface area contributed by atoms with E-state index in [2.05, 4.69) is 5.32 Å². The van der Waals surface area contributed by atoms with Crippen molar-refractivity contribution in [3.63, 3.8) is 0 Å². The molecular formula is C12H14F2N2O. The van der Waals surface area contributed by atoms with Crippen molar-refractivity contribution in [3.05, 3.63) is 29.3 Å². The van der Waals surface area contributed by atoms with Gasteiger partial charge in [-0.1, -0.05) is 6.42 Å². The van der Waals surface area contributed by atoms with Crippen LogP contribution in [0.5, 0.6) is 0 Å². The van der Waals surface area contributed by atoms with Gasteiger partial charge in [0.2, 0.25) is 0 Å². The van der Waals surface area contributed by atoms with Crippen LogP contribution in [0.25, 0.3) is 0 Å². The Morgan fingerprint density at radius 2 is 2.12 bits per heavy atom. The molecule has 17 heavy (non-hydrogen) atoms. The standard InChI is InChI=1S/C12H14F2N2O/c13-8-4-9(11(14)10(15)5-8)12(17)16-6-7-2-1-3-7/h4-5,7H,1-3,6,15H2,(H,16,17). The SMILES string of the molecule is Nc1cc(F)cc(C(=O)NCC2CCC2)c1F. The van der Waals surface area contributed by atoms with Gasteiger partial charge in [-0.2, -0.15) is 0 Å². The van der Waals surface area contributed by atoms with Crippen LogP contribution in [0.2, 0.25) is 0 Å². The Hall–Kier alpha value is -1.65. The van der Waals surface area contributed by atoms with Gasteiger partial charge < -0.3 is 11.1 Å². The molecule has 1 fully saturated rings. The first-order valence-electron chi connectivity index (χ1n) is 5.60. The quantitative estimate of drug-likeness (QED) is 0.795. The molecule has 0 heterocycles. The van der Waals surface area contributed by atoms with Gasteiger partial charge in [-0.15, -0.1) is 0 Å². The number of hydrogen-bond donors (Lipinski definition) is 2. The largest absolute Gasteiger partial charge is 0.396 e. The molecule has 1 aromatic carbocycles. The van der Waals surface area contributed by atoms with Crippen molar-refractivity contribution in [2.24, 2.45) is 5.92 Å². The topological polar surface area (TPSA) is 55.1 Å². The summed E-state index contributed by atoms with van der Waals surface area (Å²) in [5, 5.41) is 2.60. The Balaban J connectivity index is 2.07. The maximum atomic E-state index is 13.5. The Morgan fingerprint density at radius 3 is 2.71 bits per heavy atom. The maximum Gasteiger partial charge on any atom is 0.254 e. The van der Waals surface area contributed by atoms with E-state index in [1.165, 1.54) is 6.42 Å². The van der Waals surface area contributed by atoms with Crippen LogP contribution in [-0.2, 0) is 0 Å². The maximum absolute atomic E-state index is 13.5. The van der Waals surface area contributed by atoms with Gasteiger partial charge in [0.05, 0.1) is 11.3 Å². The monoisotopic (exact) mass is 240 g/mol. The molecular weight excluding hydrogens is 226 g/mol. The summed E-state index contributed by atoms with van der Waals surface area (Å²) < 4.78 is 26.5. The number of rotatable bonds is 3. The highest BCUT2D eigenvalue weighted by Crippen LogP contribution is 2.25. The van der Waals surface area contributed by atoms with Gasteiger partial charge >= 0.3 is 0 Å². The second-order valence-corrected chi connectivity index (χ2v) is 4.36. The van der Waals surface area contributed by atoms with Gasteiger partial charge in [-0.05, 0) is 30.9 Å². The fourth-order valence-electron chi connectivity index (χ4n) is 1.80. The summed E-state index contributed by atoms with van der Waals surface area (Å²) >= 11 is 0. The number of anilines is 1. The second kappa shape index (κ2) is 4.69. The van der Waals surface area contributed by atoms with Crippen LogP contribution < -0.4 is 11.1 Å². The second-order valence-electron chi connectivity index (χ2n) is 4.36. The molecule has 0 atom stereocenters. The van der Waals surface area contributed by atoms with E-state index in [1.807, 2.05) is 0 Å². The molecule has 3 nitrogen and oxygen atoms in total. The molecule has 92 valence electrons. The summed E-state index contributed by atoms with van der Waals surface area (Å²) in [6.45, 7) is 0.509. The van der Waals surface area contributed by atoms with Crippen molar-refractivity contribution in [2.75, 3.05) is 12.3 Å². The third-order valence-corrected chi connectivity index (χ3v) is 3.09. The zero-order valence-electron chi connectivity index (χ0n) is 9.30. The molecule has 1 amide bonds. The summed E-state index contributed by atoms with van der Waals surface area (Å²) in [4.78, 5) is 11.6. The summed E-state index contributed by atoms with van der Waals surface area (Å²) in [5.74, 6) is -1.72. The van der Waals surface area contributed by atoms with Crippen molar-refractivity contribution in [3.8, 4) is 0 Å². The highest BCUT2D eigenvalue weighted by Gasteiger charge is 2.20. The van der Waals surface area contributed by atoms with Gasteiger partial charge in [-0.3, -0.25) is 4.79 Å². The lowest BCUT2D eigenvalue weighted by Crippen LogP contribution is -2.32. The molecule has 3 N–H and O–H groups in total. The van der Waals surface area contributed by atoms with Crippen LogP contribution in [-0.4, -0.2) is 12.5 Å². The summed E-state index contributed by atoms with van der Waals surface area (Å²) in [6.07, 6.45) is 3.32. The summed E-state index contributed by atoms with van der Waals surface area (Å²) in [6, 6.07) is 1.72. The van der Waals surface area contributed by atoms with Crippen molar-refractivity contribution < 1.29 is 13.6 Å². The number of nitrogen functional groups attached to an aromatic ring is 1. The van der Waals surface area contributed by atoms with Gasteiger partial charge in [0, 0.05) is 6.54 Å². The first-order chi connectivity index (χ1) is 8.08. The Labute approximate surface area is 98.0 Å². The van der Waals surface area contributed by atoms with Crippen molar-refractivity contribution in [1.82, 2.24) is 5.32 Å². The third kappa shape index (κ3) is 2.54. The smallest absolute Gasteiger partial charge is 0.254 e. The van der Waals surface area contributed by atoms with Crippen LogP contribution >= 0.6 is 0 Å². The number of carbonyl (C=O) groups excluding carboxylic acids is 1. The van der Waals surface area contributed by atoms with Gasteiger partial charge in [0.15, 0.2) is 5.82 Å². The molecule has 1 aromatic rings. The van der Waals surface area contributed by atoms with E-state index in [1.54, 1.807) is 0 Å². The highest BCUT2D eigenvalue weighted by atomic mass is 19.1. The van der Waals surface area contributed by atoms with Crippen molar-refractivity contribution in [2.45, 2.75) is 19.3 Å². The molecule has 0 radical (unpaired) electrons. The molecule has 0 spiro atoms. The number of hydrogen-bond acceptors (Lipinski definition) is 2. The van der Waals surface area contributed by atoms with E-state index in [0.717, 1.165) is 25.0 Å². The normalized spacial score (nSPS) is 15.4. The van der Waals surface area contributed by atoms with Gasteiger partial charge in [0.25, 0.3) is 5.91 Å². The molecule has 2 rings (SSSR count). The minimum atomic E-state index is -0.863. The average molecular weight is 240 g/mol. The molecule has 0 unspecified atom stereocenters. The molecule has 1 aliphatic rings. The molecule has 5 heteroatoms. The van der Waals surface area contributed by atoms with Crippen molar-refractivity contribution in [1.29, 1.82) is 0 Å². The minimum absolute atomic E-state index is 0.332. The van der Waals surface area contributed by atoms with E-state index in [9.17, 15) is 13.6 Å². The van der Waals surface area contributed by atoms with Crippen molar-refractivity contribution >= 4 is 11.6 Å². The number of nitrogens with one attached hydrogen (secondary N) is 1. The number of halogens is 2. The van der Waals surface area contributed by atoms with E-state index in [0.29, 0.717) is 12.5 Å². The molecule has 0 aromatic heterocycles. The number of carbonyl (C=O) groups is 1. The Kier molecular flexibility index (Phi) is 3.26. The lowest BCUT2D eigenvalue weighted by molar-refractivity contribution is 0.0934. The fraction of sp³-hybridized carbons (Fsp3) is 0.417. The molecule has 1 saturated carbocycles. The lowest BCUT2D eigenvalue weighted by Gasteiger charge is -2.25. The molecule has 1 aliphatic carbocycles. The van der Waals surface area contributed by atoms with Gasteiger partial charge in [0.1, 0.15) is 5.82 Å². The van der Waals surface area contributed by atoms with Crippen LogP contribution in [0.15, 0.2) is 12.1 Å². The lowest BCUT2D eigenvalue weighted by atomic mass is 9.85. The van der Waals surface area contributed by atoms with E-state index in [4.69, 9.17) is 5.73 Å². The number of nitrogens with two attached hydrogens (primary N) is 1. The zero-order valence-corrected chi connectivity index (χ0v) is 9.30. The van der Waals surface area contributed by atoms with E-state index in [-0.39, 0.29) is 11.3 Å². The minimum Gasteiger partial charge on any atom is -0.396 e. The number of amides is 1. The Bertz CT molecular complexity index is 444. The van der Waals surface area contributed by atoms with Crippen LogP contribution in [0.3, 0.4) is 0 Å². The summed E-state index contributed by atoms with van der Waals surface area (Å²) in [5.41, 5.74) is 4.58. The molecule has 0 saturated heterocycles. The highest BCUT2D eigenvalue weighted by molar-refractivity contribution is 5.95. The predicted octanol–water partition coefficient (Wildman–Crippen LogP) is 2.08. The molecule has 0 bridgehead atoms. The van der Waals surface area contributed by atoms with Crippen LogP contribution in [0.4, 0.5) is 14.5 Å². The summed E-state index contributed by atoms with van der Waals surface area (Å²) in [7, 11) is 0. The van der Waals surface area contributed by atoms with Crippen LogP contribution in [0.1, 0.15) is 29.6 Å². The molecule has 0 aliphatic heterocycles. The first-order valence-corrected chi connectivity index (χ1v) is 5.60. The van der Waals surface area contributed by atoms with E-state index >= 15 is 0 Å². The zero-order chi connectivity index (χ0) is 12.4. The third-order valence-electron chi connectivity index (χ3n) is 3.09. The van der Waals surface area contributed by atoms with E-state index < -0.39 is 17.5 Å². The predicted molar refractivity (Wildman–Crippen MR) is 60.4 cm³/mol. The number of benzene rings is 1. The first kappa shape index (κ1) is 11.8. The average Bonchev–Trinajstić information content (AvgIpc) is 2.20. The van der Waals surface area contributed by atoms with Crippen LogP contribution in [0, 0.1) is 17.6 Å².